The summed E-state index contributed by atoms with van der Waals surface area (Å²) >= 11 is 0. The summed E-state index contributed by atoms with van der Waals surface area (Å²) in [7, 11) is 0. The van der Waals surface area contributed by atoms with Crippen LogP contribution >= 0.6 is 0 Å². The lowest BCUT2D eigenvalue weighted by Crippen LogP contribution is -2.15. The van der Waals surface area contributed by atoms with Crippen LogP contribution in [0.1, 0.15) is 74.9 Å². The fourth-order valence-electron chi connectivity index (χ4n) is 23.8. The molecule has 7 heteroatoms. The molecule has 0 atom stereocenters. The molecule has 0 radical (unpaired) electrons. The van der Waals surface area contributed by atoms with Gasteiger partial charge in [-0.1, -0.05) is 272 Å². The predicted molar refractivity (Wildman–Crippen MR) is 551 cm³/mol. The molecule has 25 aromatic rings. The van der Waals surface area contributed by atoms with Gasteiger partial charge in [0.1, 0.15) is 0 Å². The summed E-state index contributed by atoms with van der Waals surface area (Å²) in [6, 6.07) is 152. The zero-order valence-corrected chi connectivity index (χ0v) is 73.8. The Morgan fingerprint density at radius 3 is 0.727 bits per heavy atom. The molecule has 19 aromatic carbocycles. The Morgan fingerprint density at radius 2 is 0.402 bits per heavy atom. The van der Waals surface area contributed by atoms with E-state index >= 15 is 0 Å². The molecule has 0 N–H and O–H groups in total. The molecular weight excluding hydrogens is 1600 g/mol. The van der Waals surface area contributed by atoms with Crippen molar-refractivity contribution in [3.8, 4) is 118 Å². The second-order valence-electron chi connectivity index (χ2n) is 38.3. The molecule has 6 aromatic heterocycles. The molecular formula is C125H85N7. The van der Waals surface area contributed by atoms with Crippen LogP contribution in [-0.2, 0) is 16.2 Å². The summed E-state index contributed by atoms with van der Waals surface area (Å²) in [4.78, 5) is 10.9. The lowest BCUT2D eigenvalue weighted by atomic mass is 9.82. The maximum absolute atomic E-state index is 5.54. The van der Waals surface area contributed by atoms with E-state index in [4.69, 9.17) is 9.97 Å². The van der Waals surface area contributed by atoms with Gasteiger partial charge in [-0.05, 0) is 276 Å². The smallest absolute Gasteiger partial charge is 0.160 e. The van der Waals surface area contributed by atoms with Gasteiger partial charge >= 0.3 is 0 Å². The zero-order valence-electron chi connectivity index (χ0n) is 73.8. The van der Waals surface area contributed by atoms with Crippen molar-refractivity contribution in [1.82, 2.24) is 32.8 Å². The first-order valence-corrected chi connectivity index (χ1v) is 46.2. The molecule has 28 rings (SSSR count). The maximum atomic E-state index is 5.54. The van der Waals surface area contributed by atoms with Crippen molar-refractivity contribution in [2.24, 2.45) is 0 Å². The van der Waals surface area contributed by atoms with Gasteiger partial charge in [0.05, 0.1) is 66.4 Å². The third-order valence-electron chi connectivity index (χ3n) is 30.3. The second-order valence-corrected chi connectivity index (χ2v) is 38.3. The second kappa shape index (κ2) is 27.3. The number of para-hydroxylation sites is 5. The molecule has 0 bridgehead atoms. The third-order valence-corrected chi connectivity index (χ3v) is 30.3. The van der Waals surface area contributed by atoms with Crippen LogP contribution in [0.15, 0.2) is 406 Å². The Bertz CT molecular complexity index is 9090. The minimum atomic E-state index is -0.128. The highest BCUT2D eigenvalue weighted by molar-refractivity contribution is 6.17. The number of nitrogens with zero attached hydrogens (tertiary/aromatic N) is 7. The first-order chi connectivity index (χ1) is 64.7. The molecule has 3 aliphatic carbocycles. The Labute approximate surface area is 762 Å². The fourth-order valence-corrected chi connectivity index (χ4v) is 23.8. The molecule has 0 saturated heterocycles. The minimum absolute atomic E-state index is 0.105. The minimum Gasteiger partial charge on any atom is -0.309 e. The number of hydrogen-bond donors (Lipinski definition) is 0. The Balaban J connectivity index is 0.531. The van der Waals surface area contributed by atoms with E-state index in [1.165, 1.54) is 182 Å². The lowest BCUT2D eigenvalue weighted by Gasteiger charge is -2.22. The molecule has 0 unspecified atom stereocenters. The summed E-state index contributed by atoms with van der Waals surface area (Å²) < 4.78 is 12.3. The molecule has 7 nitrogen and oxygen atoms in total. The van der Waals surface area contributed by atoms with Crippen molar-refractivity contribution in [2.45, 2.75) is 57.8 Å². The maximum Gasteiger partial charge on any atom is 0.160 e. The molecule has 0 spiro atoms. The quantitative estimate of drug-likeness (QED) is 0.137. The molecule has 0 fully saturated rings. The predicted octanol–water partition coefficient (Wildman–Crippen LogP) is 32.4. The van der Waals surface area contributed by atoms with Crippen LogP contribution in [0.25, 0.3) is 238 Å². The van der Waals surface area contributed by atoms with E-state index in [0.717, 1.165) is 83.4 Å². The summed E-state index contributed by atoms with van der Waals surface area (Å²) in [5.74, 6) is 0.665. The van der Waals surface area contributed by atoms with Crippen molar-refractivity contribution in [1.29, 1.82) is 0 Å². The van der Waals surface area contributed by atoms with Gasteiger partial charge in [-0.3, -0.25) is 0 Å². The van der Waals surface area contributed by atoms with Crippen LogP contribution in [0, 0.1) is 0 Å². The first-order valence-electron chi connectivity index (χ1n) is 46.2. The monoisotopic (exact) mass is 1680 g/mol. The average molecular weight is 1690 g/mol. The van der Waals surface area contributed by atoms with Crippen LogP contribution in [0.3, 0.4) is 0 Å². The van der Waals surface area contributed by atoms with Gasteiger partial charge in [-0.25, -0.2) is 9.97 Å². The summed E-state index contributed by atoms with van der Waals surface area (Å²) in [6.45, 7) is 14.2. The van der Waals surface area contributed by atoms with Gasteiger partial charge < -0.3 is 22.8 Å². The number of rotatable bonds is 10. The van der Waals surface area contributed by atoms with Gasteiger partial charge in [0, 0.05) is 115 Å². The zero-order chi connectivity index (χ0) is 87.5. The average Bonchev–Trinajstić information content (AvgIpc) is 1.57. The van der Waals surface area contributed by atoms with Gasteiger partial charge in [-0.15, -0.1) is 0 Å². The number of aromatic nitrogens is 7. The number of benzene rings is 19. The van der Waals surface area contributed by atoms with Crippen molar-refractivity contribution < 1.29 is 0 Å². The van der Waals surface area contributed by atoms with E-state index in [9.17, 15) is 0 Å². The highest BCUT2D eigenvalue weighted by Gasteiger charge is 2.39. The standard InChI is InChI=1S/C125H85N7/c1-123(2)104-31-15-7-23-87(104)90-56-53-84(71-107(90)123)130-112-36-20-12-27-94(112)99-66-77(44-60-116(99)130)76-43-59-115-98(65-76)93-26-11-19-35-111(93)128(115)82-49-39-74(40-50-82)121-97-30-10-18-34-110(97)126-122(127-121)75-41-51-83(52-42-75)129-119-63-47-80(78-45-61-117-100(67-78)95-28-13-21-37-113(95)131(117)85-54-57-91-88-24-8-16-32-105(88)124(3,4)108(91)72-85)69-102(119)103-70-81(48-64-120(103)129)79-46-62-118-101(68-79)96-29-14-22-38-114(96)132(118)86-55-58-92-89-25-9-17-33-106(89)125(5,6)109(92)73-86/h7-73H,1-6H3. The SMILES string of the molecule is CC1(C)c2ccccc2-c2ccc(-n3c4ccccc4c4cc(-c5ccc6c(c5)c5ccccc5n6-c5ccc(-c6nc(-c7ccc(-n8c9ccc(-c%10ccc%11c(c%10)c%10ccccc%10n%11-c%10ccc%11c(c%10)C(C)(C)c%10ccccc%10-%11)cc9c9cc(-c%10ccc%11c(c%10)c%10ccccc%10n%11-c%10ccc%11c(c%10)C(C)(C)c%10ccccc%10-%11)ccc98)cc7)nc7ccccc67)cc5)ccc43)cc21. The normalized spacial score (nSPS) is 13.9. The van der Waals surface area contributed by atoms with E-state index in [1.807, 2.05) is 0 Å². The molecule has 6 heterocycles. The molecule has 132 heavy (non-hydrogen) atoms. The van der Waals surface area contributed by atoms with Crippen LogP contribution < -0.4 is 0 Å². The van der Waals surface area contributed by atoms with Crippen molar-refractivity contribution in [3.05, 3.63) is 440 Å². The molecule has 620 valence electrons. The van der Waals surface area contributed by atoms with Gasteiger partial charge in [0.2, 0.25) is 0 Å². The highest BCUT2D eigenvalue weighted by atomic mass is 15.0. The Kier molecular flexibility index (Phi) is 15.4. The van der Waals surface area contributed by atoms with E-state index in [1.54, 1.807) is 0 Å². The highest BCUT2D eigenvalue weighted by Crippen LogP contribution is 2.55. The lowest BCUT2D eigenvalue weighted by molar-refractivity contribution is 0.660. The van der Waals surface area contributed by atoms with E-state index in [2.05, 4.69) is 471 Å². The van der Waals surface area contributed by atoms with Crippen LogP contribution in [-0.4, -0.2) is 32.8 Å². The summed E-state index contributed by atoms with van der Waals surface area (Å²) in [5, 5.41) is 13.1. The van der Waals surface area contributed by atoms with E-state index in [0.29, 0.717) is 5.82 Å². The number of hydrogen-bond acceptors (Lipinski definition) is 2. The van der Waals surface area contributed by atoms with Crippen LogP contribution in [0.4, 0.5) is 0 Å². The van der Waals surface area contributed by atoms with E-state index < -0.39 is 0 Å². The van der Waals surface area contributed by atoms with Gasteiger partial charge in [0.15, 0.2) is 5.82 Å². The Morgan fingerprint density at radius 1 is 0.167 bits per heavy atom. The summed E-state index contributed by atoms with van der Waals surface area (Å²) in [6.07, 6.45) is 0. The Hall–Kier alpha value is -16.5. The van der Waals surface area contributed by atoms with Crippen molar-refractivity contribution in [2.75, 3.05) is 0 Å². The van der Waals surface area contributed by atoms with Gasteiger partial charge in [-0.2, -0.15) is 0 Å². The van der Waals surface area contributed by atoms with Crippen molar-refractivity contribution >= 4 is 120 Å². The molecule has 0 amide bonds. The van der Waals surface area contributed by atoms with Gasteiger partial charge in [0.25, 0.3) is 0 Å². The first kappa shape index (κ1) is 74.6. The fraction of sp³-hybridized carbons (Fsp3) is 0.0720. The summed E-state index contributed by atoms with van der Waals surface area (Å²) in [5.41, 5.74) is 43.9. The topological polar surface area (TPSA) is 50.4 Å². The third kappa shape index (κ3) is 10.6. The van der Waals surface area contributed by atoms with Crippen LogP contribution in [0.5, 0.6) is 0 Å². The molecule has 0 saturated carbocycles. The van der Waals surface area contributed by atoms with E-state index in [-0.39, 0.29) is 16.2 Å². The molecule has 0 aliphatic heterocycles. The number of fused-ring (bicyclic) bond motifs is 25. The van der Waals surface area contributed by atoms with Crippen LogP contribution in [0.2, 0.25) is 0 Å². The molecule has 3 aliphatic rings. The largest absolute Gasteiger partial charge is 0.309 e. The van der Waals surface area contributed by atoms with Crippen molar-refractivity contribution in [3.63, 3.8) is 0 Å².